The maximum atomic E-state index is 12.6. The summed E-state index contributed by atoms with van der Waals surface area (Å²) < 4.78 is 25.1. The van der Waals surface area contributed by atoms with Crippen molar-refractivity contribution in [3.8, 4) is 0 Å². The highest BCUT2D eigenvalue weighted by atomic mass is 32.2. The molecule has 4 heteroatoms. The lowest BCUT2D eigenvalue weighted by atomic mass is 9.87. The van der Waals surface area contributed by atoms with Crippen molar-refractivity contribution in [3.63, 3.8) is 0 Å². The predicted molar refractivity (Wildman–Crippen MR) is 84.9 cm³/mol. The van der Waals surface area contributed by atoms with Gasteiger partial charge in [0.2, 0.25) is 0 Å². The van der Waals surface area contributed by atoms with E-state index in [9.17, 15) is 8.42 Å². The van der Waals surface area contributed by atoms with Crippen molar-refractivity contribution >= 4 is 9.84 Å². The largest absolute Gasteiger partial charge is 0.313 e. The van der Waals surface area contributed by atoms with Gasteiger partial charge in [0.1, 0.15) is 0 Å². The first-order valence-electron chi connectivity index (χ1n) is 7.18. The molecule has 2 unspecified atom stereocenters. The first-order chi connectivity index (χ1) is 9.10. The van der Waals surface area contributed by atoms with Crippen LogP contribution in [0.3, 0.4) is 0 Å². The van der Waals surface area contributed by atoms with Gasteiger partial charge in [-0.05, 0) is 43.5 Å². The number of hydrogen-bond donors (Lipinski definition) is 1. The molecule has 1 aromatic carbocycles. The Hall–Kier alpha value is -0.870. The van der Waals surface area contributed by atoms with Gasteiger partial charge in [0, 0.05) is 6.04 Å². The van der Waals surface area contributed by atoms with Crippen molar-refractivity contribution in [2.24, 2.45) is 0 Å². The van der Waals surface area contributed by atoms with Crippen LogP contribution in [0.2, 0.25) is 0 Å². The zero-order chi connectivity index (χ0) is 15.6. The summed E-state index contributed by atoms with van der Waals surface area (Å²) in [6.45, 7) is 12.8. The van der Waals surface area contributed by atoms with Crippen molar-refractivity contribution in [2.75, 3.05) is 6.54 Å². The molecule has 0 bridgehead atoms. The Morgan fingerprint density at radius 1 is 1.10 bits per heavy atom. The van der Waals surface area contributed by atoms with Gasteiger partial charge in [0.05, 0.1) is 10.1 Å². The Balaban J connectivity index is 3.05. The van der Waals surface area contributed by atoms with Crippen LogP contribution < -0.4 is 5.32 Å². The fraction of sp³-hybridized carbons (Fsp3) is 0.625. The van der Waals surface area contributed by atoms with Crippen LogP contribution in [0.4, 0.5) is 0 Å². The molecule has 0 heterocycles. The Morgan fingerprint density at radius 2 is 1.60 bits per heavy atom. The SMILES string of the molecule is CCNC(C)C(C)S(=O)(=O)c1ccc(C(C)(C)C)cc1. The molecule has 1 aromatic rings. The van der Waals surface area contributed by atoms with E-state index in [1.54, 1.807) is 19.1 Å². The van der Waals surface area contributed by atoms with Crippen LogP contribution in [-0.4, -0.2) is 26.3 Å². The van der Waals surface area contributed by atoms with E-state index in [2.05, 4.69) is 26.1 Å². The number of benzene rings is 1. The molecule has 0 aliphatic carbocycles. The standard InChI is InChI=1S/C16H27NO2S/c1-7-17-12(2)13(3)20(18,19)15-10-8-14(9-11-15)16(4,5)6/h8-13,17H,7H2,1-6H3. The lowest BCUT2D eigenvalue weighted by Gasteiger charge is -2.22. The van der Waals surface area contributed by atoms with Crippen molar-refractivity contribution in [1.82, 2.24) is 5.32 Å². The normalized spacial score (nSPS) is 15.9. The number of rotatable bonds is 5. The van der Waals surface area contributed by atoms with Gasteiger partial charge >= 0.3 is 0 Å². The summed E-state index contributed by atoms with van der Waals surface area (Å²) in [6, 6.07) is 7.22. The smallest absolute Gasteiger partial charge is 0.182 e. The Kier molecular flexibility index (Phi) is 5.39. The van der Waals surface area contributed by atoms with Crippen molar-refractivity contribution in [2.45, 2.75) is 63.1 Å². The lowest BCUT2D eigenvalue weighted by Crippen LogP contribution is -2.40. The molecule has 0 amide bonds. The van der Waals surface area contributed by atoms with Crippen LogP contribution in [-0.2, 0) is 15.3 Å². The third-order valence-electron chi connectivity index (χ3n) is 3.77. The first-order valence-corrected chi connectivity index (χ1v) is 8.73. The molecule has 0 saturated carbocycles. The molecule has 0 fully saturated rings. The second kappa shape index (κ2) is 6.27. The summed E-state index contributed by atoms with van der Waals surface area (Å²) in [4.78, 5) is 0.405. The van der Waals surface area contributed by atoms with Gasteiger partial charge in [0.25, 0.3) is 0 Å². The fourth-order valence-electron chi connectivity index (χ4n) is 2.12. The van der Waals surface area contributed by atoms with E-state index in [1.165, 1.54) is 0 Å². The molecule has 0 aliphatic rings. The van der Waals surface area contributed by atoms with Gasteiger partial charge in [-0.3, -0.25) is 0 Å². The lowest BCUT2D eigenvalue weighted by molar-refractivity contribution is 0.520. The van der Waals surface area contributed by atoms with E-state index in [4.69, 9.17) is 0 Å². The van der Waals surface area contributed by atoms with Crippen LogP contribution in [0.25, 0.3) is 0 Å². The van der Waals surface area contributed by atoms with Gasteiger partial charge < -0.3 is 5.32 Å². The van der Waals surface area contributed by atoms with Crippen molar-refractivity contribution < 1.29 is 8.42 Å². The molecular formula is C16H27NO2S. The van der Waals surface area contributed by atoms with Gasteiger partial charge in [0.15, 0.2) is 9.84 Å². The Bertz CT molecular complexity index is 527. The van der Waals surface area contributed by atoms with Gasteiger partial charge in [-0.25, -0.2) is 8.42 Å². The summed E-state index contributed by atoms with van der Waals surface area (Å²) in [5.41, 5.74) is 1.18. The average Bonchev–Trinajstić information content (AvgIpc) is 2.37. The molecule has 0 aromatic heterocycles. The second-order valence-corrected chi connectivity index (χ2v) is 8.68. The molecular weight excluding hydrogens is 270 g/mol. The zero-order valence-corrected chi connectivity index (χ0v) is 14.2. The second-order valence-electron chi connectivity index (χ2n) is 6.37. The van der Waals surface area contributed by atoms with Crippen molar-refractivity contribution in [1.29, 1.82) is 0 Å². The predicted octanol–water partition coefficient (Wildman–Crippen LogP) is 3.14. The van der Waals surface area contributed by atoms with Crippen LogP contribution >= 0.6 is 0 Å². The van der Waals surface area contributed by atoms with Gasteiger partial charge in [-0.2, -0.15) is 0 Å². The minimum absolute atomic E-state index is 0.0327. The molecule has 20 heavy (non-hydrogen) atoms. The molecule has 0 radical (unpaired) electrons. The highest BCUT2D eigenvalue weighted by Crippen LogP contribution is 2.25. The van der Waals surface area contributed by atoms with Crippen molar-refractivity contribution in [3.05, 3.63) is 29.8 Å². The highest BCUT2D eigenvalue weighted by Gasteiger charge is 2.28. The van der Waals surface area contributed by atoms with E-state index < -0.39 is 15.1 Å². The average molecular weight is 297 g/mol. The summed E-state index contributed by atoms with van der Waals surface area (Å²) in [6.07, 6.45) is 0. The third-order valence-corrected chi connectivity index (χ3v) is 6.08. The maximum Gasteiger partial charge on any atom is 0.182 e. The molecule has 0 aliphatic heterocycles. The van der Waals surface area contributed by atoms with E-state index in [-0.39, 0.29) is 11.5 Å². The summed E-state index contributed by atoms with van der Waals surface area (Å²) in [5.74, 6) is 0. The molecule has 0 spiro atoms. The zero-order valence-electron chi connectivity index (χ0n) is 13.4. The minimum atomic E-state index is -3.29. The van der Waals surface area contributed by atoms with E-state index in [0.717, 1.165) is 12.1 Å². The van der Waals surface area contributed by atoms with Gasteiger partial charge in [-0.1, -0.05) is 39.8 Å². The van der Waals surface area contributed by atoms with E-state index >= 15 is 0 Å². The monoisotopic (exact) mass is 297 g/mol. The summed E-state index contributed by atoms with van der Waals surface area (Å²) in [7, 11) is -3.29. The quantitative estimate of drug-likeness (QED) is 0.908. The highest BCUT2D eigenvalue weighted by molar-refractivity contribution is 7.92. The Labute approximate surface area is 123 Å². The van der Waals surface area contributed by atoms with Crippen LogP contribution in [0.1, 0.15) is 47.1 Å². The van der Waals surface area contributed by atoms with E-state index in [0.29, 0.717) is 4.90 Å². The summed E-state index contributed by atoms with van der Waals surface area (Å²) >= 11 is 0. The Morgan fingerprint density at radius 3 is 2.00 bits per heavy atom. The maximum absolute atomic E-state index is 12.6. The molecule has 2 atom stereocenters. The number of hydrogen-bond acceptors (Lipinski definition) is 3. The fourth-order valence-corrected chi connectivity index (χ4v) is 3.69. The molecule has 0 saturated heterocycles. The molecule has 1 rings (SSSR count). The summed E-state index contributed by atoms with van der Waals surface area (Å²) in [5, 5.41) is 2.74. The third kappa shape index (κ3) is 3.83. The van der Waals surface area contributed by atoms with Gasteiger partial charge in [-0.15, -0.1) is 0 Å². The molecule has 114 valence electrons. The molecule has 1 N–H and O–H groups in total. The van der Waals surface area contributed by atoms with Crippen LogP contribution in [0.5, 0.6) is 0 Å². The van der Waals surface area contributed by atoms with E-state index in [1.807, 2.05) is 26.0 Å². The first kappa shape index (κ1) is 17.2. The minimum Gasteiger partial charge on any atom is -0.313 e. The number of nitrogens with one attached hydrogen (secondary N) is 1. The number of sulfone groups is 1. The van der Waals surface area contributed by atoms with Crippen LogP contribution in [0, 0.1) is 0 Å². The topological polar surface area (TPSA) is 46.2 Å². The van der Waals surface area contributed by atoms with Crippen LogP contribution in [0.15, 0.2) is 29.2 Å². The molecule has 3 nitrogen and oxygen atoms in total.